The number of amides is 1. The minimum Gasteiger partial charge on any atom is -0.362 e. The number of hydrogen-bond donors (Lipinski definition) is 2. The summed E-state index contributed by atoms with van der Waals surface area (Å²) in [4.78, 5) is 17.8. The van der Waals surface area contributed by atoms with Gasteiger partial charge in [-0.1, -0.05) is 67.8 Å². The van der Waals surface area contributed by atoms with Crippen molar-refractivity contribution in [3.05, 3.63) is 71.5 Å². The van der Waals surface area contributed by atoms with E-state index in [0.29, 0.717) is 12.0 Å². The van der Waals surface area contributed by atoms with Gasteiger partial charge in [0, 0.05) is 38.0 Å². The number of carbonyl (C=O) groups excluding carboxylic acids is 1. The Bertz CT molecular complexity index is 1050. The normalized spacial score (nSPS) is 22.2. The first-order chi connectivity index (χ1) is 17.5. The van der Waals surface area contributed by atoms with Crippen molar-refractivity contribution in [3.8, 4) is 0 Å². The van der Waals surface area contributed by atoms with E-state index in [0.717, 1.165) is 49.1 Å². The maximum absolute atomic E-state index is 14.6. The summed E-state index contributed by atoms with van der Waals surface area (Å²) < 4.78 is 14.6. The summed E-state index contributed by atoms with van der Waals surface area (Å²) in [5, 5.41) is 8.04. The molecule has 0 bridgehead atoms. The van der Waals surface area contributed by atoms with Crippen LogP contribution in [0.3, 0.4) is 0 Å². The molecule has 3 fully saturated rings. The molecule has 1 unspecified atom stereocenters. The van der Waals surface area contributed by atoms with E-state index >= 15 is 0 Å². The molecule has 0 aromatic heterocycles. The van der Waals surface area contributed by atoms with Crippen LogP contribution in [0, 0.1) is 11.7 Å². The van der Waals surface area contributed by atoms with Gasteiger partial charge >= 0.3 is 0 Å². The van der Waals surface area contributed by atoms with Crippen LogP contribution in [0.1, 0.15) is 56.1 Å². The summed E-state index contributed by atoms with van der Waals surface area (Å²) in [6, 6.07) is 16.6. The van der Waals surface area contributed by atoms with Crippen LogP contribution in [0.15, 0.2) is 54.6 Å². The van der Waals surface area contributed by atoms with Crippen LogP contribution in [-0.2, 0) is 17.8 Å². The second-order valence-electron chi connectivity index (χ2n) is 10.6. The molecule has 1 atom stereocenters. The van der Waals surface area contributed by atoms with Crippen molar-refractivity contribution in [3.63, 3.8) is 0 Å². The smallest absolute Gasteiger partial charge is 0.241 e. The molecule has 1 amide bonds. The molecule has 1 saturated carbocycles. The average molecular weight is 509 g/mol. The Balaban J connectivity index is 1.27. The Morgan fingerprint density at radius 1 is 1.03 bits per heavy atom. The highest BCUT2D eigenvalue weighted by Crippen LogP contribution is 2.35. The van der Waals surface area contributed by atoms with Gasteiger partial charge in [-0.3, -0.25) is 10.1 Å². The Labute approximate surface area is 219 Å². The van der Waals surface area contributed by atoms with Crippen LogP contribution in [0.4, 0.5) is 4.39 Å². The number of thiocarbonyl (C=S) groups is 1. The van der Waals surface area contributed by atoms with Crippen LogP contribution >= 0.6 is 12.2 Å². The fourth-order valence-electron chi connectivity index (χ4n) is 6.11. The molecular formula is C29H37FN4OS. The number of nitrogens with zero attached hydrogens (tertiary/aromatic N) is 2. The summed E-state index contributed by atoms with van der Waals surface area (Å²) in [7, 11) is 0. The molecule has 1 aliphatic carbocycles. The summed E-state index contributed by atoms with van der Waals surface area (Å²) in [6.07, 6.45) is 8.72. The van der Waals surface area contributed by atoms with Crippen LogP contribution in [0.25, 0.3) is 0 Å². The minimum absolute atomic E-state index is 0.0496. The van der Waals surface area contributed by atoms with Crippen molar-refractivity contribution in [1.82, 2.24) is 20.4 Å². The number of hydrogen-bond acceptors (Lipinski definition) is 3. The largest absolute Gasteiger partial charge is 0.362 e. The lowest BCUT2D eigenvalue weighted by Crippen LogP contribution is -2.60. The second kappa shape index (κ2) is 11.3. The van der Waals surface area contributed by atoms with E-state index in [1.165, 1.54) is 38.2 Å². The zero-order chi connectivity index (χ0) is 25.0. The van der Waals surface area contributed by atoms with Crippen LogP contribution in [-0.4, -0.2) is 52.2 Å². The highest BCUT2D eigenvalue weighted by atomic mass is 32.1. The molecule has 2 saturated heterocycles. The highest BCUT2D eigenvalue weighted by molar-refractivity contribution is 7.80. The van der Waals surface area contributed by atoms with Crippen molar-refractivity contribution in [2.75, 3.05) is 19.6 Å². The van der Waals surface area contributed by atoms with Crippen molar-refractivity contribution < 1.29 is 9.18 Å². The van der Waals surface area contributed by atoms with Gasteiger partial charge in [-0.25, -0.2) is 4.39 Å². The van der Waals surface area contributed by atoms with E-state index in [1.54, 1.807) is 12.1 Å². The summed E-state index contributed by atoms with van der Waals surface area (Å²) >= 11 is 5.75. The number of halogens is 1. The maximum Gasteiger partial charge on any atom is 0.241 e. The van der Waals surface area contributed by atoms with Crippen LogP contribution in [0.2, 0.25) is 0 Å². The van der Waals surface area contributed by atoms with Crippen molar-refractivity contribution in [2.24, 2.45) is 5.92 Å². The molecule has 1 spiro atoms. The van der Waals surface area contributed by atoms with Gasteiger partial charge in [0.15, 0.2) is 5.11 Å². The number of rotatable bonds is 6. The molecular weight excluding hydrogens is 471 g/mol. The first-order valence-corrected chi connectivity index (χ1v) is 13.8. The zero-order valence-electron chi connectivity index (χ0n) is 20.9. The molecule has 2 aromatic carbocycles. The maximum atomic E-state index is 14.6. The quantitative estimate of drug-likeness (QED) is 0.558. The lowest BCUT2D eigenvalue weighted by Gasteiger charge is -2.45. The van der Waals surface area contributed by atoms with Crippen LogP contribution in [0.5, 0.6) is 0 Å². The van der Waals surface area contributed by atoms with Gasteiger partial charge in [-0.15, -0.1) is 0 Å². The van der Waals surface area contributed by atoms with Gasteiger partial charge < -0.3 is 15.1 Å². The zero-order valence-corrected chi connectivity index (χ0v) is 21.7. The predicted octanol–water partition coefficient (Wildman–Crippen LogP) is 4.62. The highest BCUT2D eigenvalue weighted by Gasteiger charge is 2.51. The van der Waals surface area contributed by atoms with Gasteiger partial charge in [-0.05, 0) is 49.0 Å². The molecule has 5 nitrogen and oxygen atoms in total. The summed E-state index contributed by atoms with van der Waals surface area (Å²) in [6.45, 7) is 2.76. The molecule has 2 aromatic rings. The molecule has 5 rings (SSSR count). The van der Waals surface area contributed by atoms with E-state index in [9.17, 15) is 9.18 Å². The first-order valence-electron chi connectivity index (χ1n) is 13.4. The Kier molecular flexibility index (Phi) is 7.87. The number of carbonyl (C=O) groups is 1. The van der Waals surface area contributed by atoms with Gasteiger partial charge in [0.25, 0.3) is 0 Å². The fraction of sp³-hybridized carbons (Fsp3) is 0.517. The molecule has 2 N–H and O–H groups in total. The topological polar surface area (TPSA) is 47.6 Å². The van der Waals surface area contributed by atoms with Gasteiger partial charge in [0.1, 0.15) is 5.82 Å². The van der Waals surface area contributed by atoms with Crippen LogP contribution < -0.4 is 10.6 Å². The molecule has 36 heavy (non-hydrogen) atoms. The van der Waals surface area contributed by atoms with Crippen molar-refractivity contribution in [2.45, 2.75) is 69.6 Å². The van der Waals surface area contributed by atoms with E-state index in [1.807, 2.05) is 29.2 Å². The standard InChI is InChI=1S/C29H37FN4OS/c30-25-14-8-7-13-24(25)21-34-27(35)26(19-22-9-3-1-4-10-22)32-29(34)15-17-33(18-16-29)28(36)31-20-23-11-5-2-6-12-23/h1,3-4,7-10,13-14,23,26,32H,2,5-6,11-12,15-21H2,(H,31,36). The third-order valence-electron chi connectivity index (χ3n) is 8.24. The number of nitrogens with one attached hydrogen (secondary N) is 2. The predicted molar refractivity (Wildman–Crippen MR) is 145 cm³/mol. The molecule has 0 radical (unpaired) electrons. The number of piperidine rings is 1. The van der Waals surface area contributed by atoms with Crippen molar-refractivity contribution in [1.29, 1.82) is 0 Å². The molecule has 192 valence electrons. The summed E-state index contributed by atoms with van der Waals surface area (Å²) in [5.41, 5.74) is 1.19. The molecule has 2 aliphatic heterocycles. The van der Waals surface area contributed by atoms with E-state index in [-0.39, 0.29) is 24.3 Å². The Morgan fingerprint density at radius 2 is 1.72 bits per heavy atom. The van der Waals surface area contributed by atoms with E-state index < -0.39 is 5.66 Å². The number of likely N-dealkylation sites (tertiary alicyclic amines) is 1. The second-order valence-corrected chi connectivity index (χ2v) is 11.0. The van der Waals surface area contributed by atoms with Gasteiger partial charge in [-0.2, -0.15) is 0 Å². The number of benzene rings is 2. The third kappa shape index (κ3) is 5.57. The lowest BCUT2D eigenvalue weighted by atomic mass is 9.89. The van der Waals surface area contributed by atoms with Crippen molar-refractivity contribution >= 4 is 23.2 Å². The summed E-state index contributed by atoms with van der Waals surface area (Å²) in [5.74, 6) is 0.503. The lowest BCUT2D eigenvalue weighted by molar-refractivity contribution is -0.134. The Morgan fingerprint density at radius 3 is 2.44 bits per heavy atom. The molecule has 2 heterocycles. The first kappa shape index (κ1) is 25.2. The molecule has 3 aliphatic rings. The van der Waals surface area contributed by atoms with Gasteiger partial charge in [0.05, 0.1) is 18.2 Å². The van der Waals surface area contributed by atoms with Gasteiger partial charge in [0.2, 0.25) is 5.91 Å². The SMILES string of the molecule is O=C1C(Cc2ccccc2)NC2(CCN(C(=S)NCC3CCCCC3)CC2)N1Cc1ccccc1F. The van der Waals surface area contributed by atoms with E-state index in [4.69, 9.17) is 12.2 Å². The average Bonchev–Trinajstić information content (AvgIpc) is 3.15. The fourth-order valence-corrected chi connectivity index (χ4v) is 6.37. The monoisotopic (exact) mass is 508 g/mol. The minimum atomic E-state index is -0.492. The van der Waals surface area contributed by atoms with E-state index in [2.05, 4.69) is 27.7 Å². The third-order valence-corrected chi connectivity index (χ3v) is 8.64. The molecule has 7 heteroatoms. The Hall–Kier alpha value is -2.51.